The van der Waals surface area contributed by atoms with E-state index in [4.69, 9.17) is 5.73 Å². The first-order valence-corrected chi connectivity index (χ1v) is 7.01. The molecule has 0 saturated carbocycles. The van der Waals surface area contributed by atoms with Crippen molar-refractivity contribution in [2.45, 2.75) is 51.0 Å². The highest BCUT2D eigenvalue weighted by Gasteiger charge is 2.48. The Morgan fingerprint density at radius 3 is 2.60 bits per heavy atom. The summed E-state index contributed by atoms with van der Waals surface area (Å²) in [5, 5.41) is 12.1. The maximum atomic E-state index is 12.1. The zero-order valence-corrected chi connectivity index (χ0v) is 11.9. The van der Waals surface area contributed by atoms with Gasteiger partial charge in [0.05, 0.1) is 0 Å². The Bertz CT molecular complexity index is 386. The molecule has 0 spiro atoms. The fourth-order valence-electron chi connectivity index (χ4n) is 2.63. The van der Waals surface area contributed by atoms with Gasteiger partial charge in [-0.05, 0) is 32.1 Å². The lowest BCUT2D eigenvalue weighted by molar-refractivity contribution is -0.148. The molecule has 7 nitrogen and oxygen atoms in total. The monoisotopic (exact) mass is 285 g/mol. The predicted molar refractivity (Wildman–Crippen MR) is 73.0 cm³/mol. The van der Waals surface area contributed by atoms with E-state index in [1.54, 1.807) is 6.92 Å². The first-order valence-electron chi connectivity index (χ1n) is 7.01. The number of carboxylic acid groups (broad SMARTS) is 1. The zero-order chi connectivity index (χ0) is 15.2. The Morgan fingerprint density at radius 1 is 1.35 bits per heavy atom. The van der Waals surface area contributed by atoms with E-state index >= 15 is 0 Å². The number of nitrogens with two attached hydrogens (primary N) is 1. The highest BCUT2D eigenvalue weighted by molar-refractivity contribution is 5.87. The molecule has 114 valence electrons. The van der Waals surface area contributed by atoms with Crippen molar-refractivity contribution in [3.63, 3.8) is 0 Å². The van der Waals surface area contributed by atoms with Crippen LogP contribution in [0.4, 0.5) is 4.79 Å². The summed E-state index contributed by atoms with van der Waals surface area (Å²) in [6.45, 7) is 2.67. The second-order valence-electron chi connectivity index (χ2n) is 5.10. The van der Waals surface area contributed by atoms with Crippen LogP contribution in [0.25, 0.3) is 0 Å². The lowest BCUT2D eigenvalue weighted by atomic mass is 9.93. The van der Waals surface area contributed by atoms with Crippen LogP contribution < -0.4 is 11.1 Å². The number of amides is 3. The summed E-state index contributed by atoms with van der Waals surface area (Å²) in [5.74, 6) is -1.30. The minimum Gasteiger partial charge on any atom is -0.479 e. The topological polar surface area (TPSA) is 113 Å². The third-order valence-corrected chi connectivity index (χ3v) is 3.84. The predicted octanol–water partition coefficient (Wildman–Crippen LogP) is 0.681. The molecule has 1 fully saturated rings. The van der Waals surface area contributed by atoms with Gasteiger partial charge < -0.3 is 21.1 Å². The van der Waals surface area contributed by atoms with Crippen LogP contribution in [0.5, 0.6) is 0 Å². The second kappa shape index (κ2) is 7.12. The van der Waals surface area contributed by atoms with Crippen LogP contribution in [0.3, 0.4) is 0 Å². The van der Waals surface area contributed by atoms with Crippen molar-refractivity contribution < 1.29 is 19.5 Å². The largest absolute Gasteiger partial charge is 0.479 e. The number of carboxylic acids is 1. The van der Waals surface area contributed by atoms with Gasteiger partial charge in [0.25, 0.3) is 0 Å². The summed E-state index contributed by atoms with van der Waals surface area (Å²) < 4.78 is 0. The molecule has 0 radical (unpaired) electrons. The quantitative estimate of drug-likeness (QED) is 0.597. The van der Waals surface area contributed by atoms with Crippen molar-refractivity contribution in [3.05, 3.63) is 0 Å². The van der Waals surface area contributed by atoms with E-state index in [9.17, 15) is 19.5 Å². The SMILES string of the molecule is CCC1(C(=O)O)CCCN1C(=O)NCCCCC(N)=O. The minimum atomic E-state index is -1.07. The lowest BCUT2D eigenvalue weighted by Gasteiger charge is -2.33. The molecule has 0 aliphatic carbocycles. The summed E-state index contributed by atoms with van der Waals surface area (Å²) in [5.41, 5.74) is 3.95. The molecular formula is C13H23N3O4. The van der Waals surface area contributed by atoms with Gasteiger partial charge in [-0.15, -0.1) is 0 Å². The second-order valence-corrected chi connectivity index (χ2v) is 5.10. The van der Waals surface area contributed by atoms with Crippen LogP contribution in [-0.4, -0.2) is 46.5 Å². The van der Waals surface area contributed by atoms with Gasteiger partial charge in [-0.1, -0.05) is 6.92 Å². The standard InChI is InChI=1S/C13H23N3O4/c1-2-13(11(18)19)7-5-9-16(13)12(20)15-8-4-3-6-10(14)17/h2-9H2,1H3,(H2,14,17)(H,15,20)(H,18,19). The van der Waals surface area contributed by atoms with E-state index in [-0.39, 0.29) is 11.9 Å². The number of nitrogens with zero attached hydrogens (tertiary/aromatic N) is 1. The summed E-state index contributed by atoms with van der Waals surface area (Å²) in [6.07, 6.45) is 3.16. The van der Waals surface area contributed by atoms with E-state index in [0.717, 1.165) is 0 Å². The van der Waals surface area contributed by atoms with E-state index in [1.165, 1.54) is 4.90 Å². The first kappa shape index (κ1) is 16.3. The number of aliphatic carboxylic acids is 1. The van der Waals surface area contributed by atoms with Crippen molar-refractivity contribution in [1.82, 2.24) is 10.2 Å². The van der Waals surface area contributed by atoms with Crippen molar-refractivity contribution >= 4 is 17.9 Å². The molecule has 1 rings (SSSR count). The summed E-state index contributed by atoms with van der Waals surface area (Å²) >= 11 is 0. The third kappa shape index (κ3) is 3.61. The van der Waals surface area contributed by atoms with E-state index in [1.807, 2.05) is 0 Å². The molecule has 1 heterocycles. The Labute approximate surface area is 118 Å². The lowest BCUT2D eigenvalue weighted by Crippen LogP contribution is -2.55. The zero-order valence-electron chi connectivity index (χ0n) is 11.9. The highest BCUT2D eigenvalue weighted by Crippen LogP contribution is 2.32. The maximum absolute atomic E-state index is 12.1. The molecule has 20 heavy (non-hydrogen) atoms. The van der Waals surface area contributed by atoms with Gasteiger partial charge in [-0.25, -0.2) is 9.59 Å². The van der Waals surface area contributed by atoms with Crippen LogP contribution in [-0.2, 0) is 9.59 Å². The Kier molecular flexibility index (Phi) is 5.79. The van der Waals surface area contributed by atoms with Gasteiger partial charge in [-0.3, -0.25) is 4.79 Å². The summed E-state index contributed by atoms with van der Waals surface area (Å²) in [4.78, 5) is 35.5. The van der Waals surface area contributed by atoms with E-state index < -0.39 is 11.5 Å². The van der Waals surface area contributed by atoms with Crippen molar-refractivity contribution in [2.24, 2.45) is 5.73 Å². The van der Waals surface area contributed by atoms with Crippen molar-refractivity contribution in [1.29, 1.82) is 0 Å². The van der Waals surface area contributed by atoms with Gasteiger partial charge in [0.2, 0.25) is 5.91 Å². The number of urea groups is 1. The average Bonchev–Trinajstić information content (AvgIpc) is 2.82. The van der Waals surface area contributed by atoms with Gasteiger partial charge in [-0.2, -0.15) is 0 Å². The number of carbonyl (C=O) groups is 3. The fraction of sp³-hybridized carbons (Fsp3) is 0.769. The van der Waals surface area contributed by atoms with E-state index in [0.29, 0.717) is 51.6 Å². The van der Waals surface area contributed by atoms with Gasteiger partial charge in [0.15, 0.2) is 0 Å². The Hall–Kier alpha value is -1.79. The van der Waals surface area contributed by atoms with Crippen LogP contribution in [0, 0.1) is 0 Å². The van der Waals surface area contributed by atoms with E-state index in [2.05, 4.69) is 5.32 Å². The number of primary amides is 1. The van der Waals surface area contributed by atoms with Gasteiger partial charge in [0.1, 0.15) is 5.54 Å². The van der Waals surface area contributed by atoms with Crippen molar-refractivity contribution in [2.75, 3.05) is 13.1 Å². The van der Waals surface area contributed by atoms with Gasteiger partial charge >= 0.3 is 12.0 Å². The van der Waals surface area contributed by atoms with Crippen LogP contribution in [0.2, 0.25) is 0 Å². The molecule has 1 saturated heterocycles. The molecule has 4 N–H and O–H groups in total. The van der Waals surface area contributed by atoms with Crippen LogP contribution in [0.15, 0.2) is 0 Å². The highest BCUT2D eigenvalue weighted by atomic mass is 16.4. The molecule has 7 heteroatoms. The van der Waals surface area contributed by atoms with Gasteiger partial charge in [0, 0.05) is 19.5 Å². The Balaban J connectivity index is 2.46. The number of hydrogen-bond donors (Lipinski definition) is 3. The summed E-state index contributed by atoms with van der Waals surface area (Å²) in [6, 6.07) is -0.342. The number of rotatable bonds is 7. The smallest absolute Gasteiger partial charge is 0.329 e. The molecular weight excluding hydrogens is 262 g/mol. The Morgan fingerprint density at radius 2 is 2.05 bits per heavy atom. The molecule has 1 aliphatic heterocycles. The first-order chi connectivity index (χ1) is 9.44. The number of unbranched alkanes of at least 4 members (excludes halogenated alkanes) is 1. The molecule has 1 atom stereocenters. The number of likely N-dealkylation sites (tertiary alicyclic amines) is 1. The molecule has 0 aromatic heterocycles. The molecule has 0 aromatic carbocycles. The normalized spacial score (nSPS) is 21.8. The molecule has 3 amide bonds. The molecule has 0 bridgehead atoms. The molecule has 1 unspecified atom stereocenters. The average molecular weight is 285 g/mol. The fourth-order valence-corrected chi connectivity index (χ4v) is 2.63. The third-order valence-electron chi connectivity index (χ3n) is 3.84. The number of hydrogen-bond acceptors (Lipinski definition) is 3. The maximum Gasteiger partial charge on any atom is 0.329 e. The molecule has 0 aromatic rings. The summed E-state index contributed by atoms with van der Waals surface area (Å²) in [7, 11) is 0. The molecule has 1 aliphatic rings. The van der Waals surface area contributed by atoms with Crippen LogP contribution >= 0.6 is 0 Å². The number of nitrogens with one attached hydrogen (secondary N) is 1. The minimum absolute atomic E-state index is 0.299. The van der Waals surface area contributed by atoms with Crippen molar-refractivity contribution in [3.8, 4) is 0 Å². The number of carbonyl (C=O) groups excluding carboxylic acids is 2. The van der Waals surface area contributed by atoms with Crippen LogP contribution in [0.1, 0.15) is 45.4 Å².